The Bertz CT molecular complexity index is 1290. The van der Waals surface area contributed by atoms with E-state index >= 15 is 0 Å². The molecule has 6 nitrogen and oxygen atoms in total. The number of carbonyl (C=O) groups excluding carboxylic acids is 1. The summed E-state index contributed by atoms with van der Waals surface area (Å²) in [6.07, 6.45) is 6.71. The van der Waals surface area contributed by atoms with Crippen LogP contribution in [0.1, 0.15) is 57.6 Å². The Balaban J connectivity index is 1.26. The maximum Gasteiger partial charge on any atom is 0.253 e. The predicted octanol–water partition coefficient (Wildman–Crippen LogP) is 5.28. The Hall–Kier alpha value is -3.93. The molecule has 6 heteroatoms. The van der Waals surface area contributed by atoms with Crippen molar-refractivity contribution in [3.05, 3.63) is 113 Å². The van der Waals surface area contributed by atoms with Crippen LogP contribution in [-0.4, -0.2) is 41.0 Å². The summed E-state index contributed by atoms with van der Waals surface area (Å²) < 4.78 is 11.6. The maximum absolute atomic E-state index is 13.3. The normalized spacial score (nSPS) is 15.7. The molecule has 1 amide bonds. The molecule has 0 radical (unpaired) electrons. The third-order valence-electron chi connectivity index (χ3n) is 6.48. The molecular formula is C29H29N3O3. The summed E-state index contributed by atoms with van der Waals surface area (Å²) in [5.41, 5.74) is 3.80. The lowest BCUT2D eigenvalue weighted by atomic mass is 9.97. The number of amides is 1. The number of hydrogen-bond donors (Lipinski definition) is 0. The molecule has 0 bridgehead atoms. The molecule has 4 aromatic rings. The minimum atomic E-state index is 0.0345. The molecule has 178 valence electrons. The number of benzene rings is 2. The molecule has 0 N–H and O–H groups in total. The number of ether oxygens (including phenoxy) is 1. The van der Waals surface area contributed by atoms with E-state index in [-0.39, 0.29) is 11.8 Å². The van der Waals surface area contributed by atoms with E-state index in [1.807, 2.05) is 53.4 Å². The smallest absolute Gasteiger partial charge is 0.253 e. The largest absolute Gasteiger partial charge is 0.496 e. The molecule has 5 rings (SSSR count). The molecule has 0 spiro atoms. The van der Waals surface area contributed by atoms with E-state index in [1.54, 1.807) is 25.6 Å². The average Bonchev–Trinajstić information content (AvgIpc) is 3.38. The first-order chi connectivity index (χ1) is 17.2. The lowest BCUT2D eigenvalue weighted by Gasteiger charge is -2.31. The molecular weight excluding hydrogens is 438 g/mol. The van der Waals surface area contributed by atoms with Crippen molar-refractivity contribution in [2.75, 3.05) is 20.2 Å². The number of para-hydroxylation sites is 1. The van der Waals surface area contributed by atoms with Crippen LogP contribution in [0.25, 0.3) is 0 Å². The number of hydrogen-bond acceptors (Lipinski definition) is 5. The van der Waals surface area contributed by atoms with Gasteiger partial charge in [0.15, 0.2) is 5.89 Å². The molecule has 3 heterocycles. The Kier molecular flexibility index (Phi) is 6.89. The fraction of sp³-hybridized carbons (Fsp3) is 0.276. The third-order valence-corrected chi connectivity index (χ3v) is 6.48. The zero-order valence-electron chi connectivity index (χ0n) is 19.9. The average molecular weight is 468 g/mol. The SMILES string of the molecule is COc1ccccc1Cc1cnc([C@@H]2CCCN(C(=O)c3ccnc(Cc4ccccc4)c3)C2)o1. The van der Waals surface area contributed by atoms with Gasteiger partial charge in [0, 0.05) is 48.9 Å². The number of methoxy groups -OCH3 is 1. The molecule has 0 saturated carbocycles. The van der Waals surface area contributed by atoms with Crippen LogP contribution >= 0.6 is 0 Å². The van der Waals surface area contributed by atoms with Gasteiger partial charge in [-0.25, -0.2) is 4.98 Å². The van der Waals surface area contributed by atoms with Crippen LogP contribution in [-0.2, 0) is 12.8 Å². The van der Waals surface area contributed by atoms with Crippen LogP contribution < -0.4 is 4.74 Å². The van der Waals surface area contributed by atoms with Crippen LogP contribution in [0, 0.1) is 0 Å². The number of rotatable bonds is 7. The Morgan fingerprint density at radius 3 is 2.74 bits per heavy atom. The lowest BCUT2D eigenvalue weighted by Crippen LogP contribution is -2.39. The molecule has 0 unspecified atom stereocenters. The summed E-state index contributed by atoms with van der Waals surface area (Å²) in [5, 5.41) is 0. The number of piperidine rings is 1. The van der Waals surface area contributed by atoms with E-state index in [0.717, 1.165) is 42.2 Å². The monoisotopic (exact) mass is 467 g/mol. The van der Waals surface area contributed by atoms with Crippen LogP contribution in [0.15, 0.2) is 83.5 Å². The second kappa shape index (κ2) is 10.6. The topological polar surface area (TPSA) is 68.5 Å². The van der Waals surface area contributed by atoms with Crippen molar-refractivity contribution in [3.63, 3.8) is 0 Å². The predicted molar refractivity (Wildman–Crippen MR) is 134 cm³/mol. The number of oxazole rings is 1. The second-order valence-electron chi connectivity index (χ2n) is 8.94. The van der Waals surface area contributed by atoms with E-state index in [2.05, 4.69) is 22.1 Å². The summed E-state index contributed by atoms with van der Waals surface area (Å²) in [5.74, 6) is 2.46. The van der Waals surface area contributed by atoms with Gasteiger partial charge in [-0.15, -0.1) is 0 Å². The third kappa shape index (κ3) is 5.43. The van der Waals surface area contributed by atoms with Gasteiger partial charge in [0.05, 0.1) is 19.2 Å². The van der Waals surface area contributed by atoms with Crippen LogP contribution in [0.2, 0.25) is 0 Å². The first kappa shape index (κ1) is 22.8. The highest BCUT2D eigenvalue weighted by Crippen LogP contribution is 2.29. The van der Waals surface area contributed by atoms with Crippen molar-refractivity contribution >= 4 is 5.91 Å². The fourth-order valence-corrected chi connectivity index (χ4v) is 4.69. The molecule has 0 aliphatic carbocycles. The van der Waals surface area contributed by atoms with Gasteiger partial charge >= 0.3 is 0 Å². The zero-order chi connectivity index (χ0) is 24.0. The number of likely N-dealkylation sites (tertiary alicyclic amines) is 1. The van der Waals surface area contributed by atoms with Gasteiger partial charge in [0.25, 0.3) is 5.91 Å². The molecule has 1 saturated heterocycles. The summed E-state index contributed by atoms with van der Waals surface area (Å²) in [6, 6.07) is 21.8. The van der Waals surface area contributed by atoms with Gasteiger partial charge in [0.1, 0.15) is 11.5 Å². The van der Waals surface area contributed by atoms with E-state index < -0.39 is 0 Å². The van der Waals surface area contributed by atoms with Crippen molar-refractivity contribution in [2.24, 2.45) is 0 Å². The number of pyridine rings is 1. The lowest BCUT2D eigenvalue weighted by molar-refractivity contribution is 0.0697. The number of nitrogens with zero attached hydrogens (tertiary/aromatic N) is 3. The van der Waals surface area contributed by atoms with Gasteiger partial charge < -0.3 is 14.1 Å². The highest BCUT2D eigenvalue weighted by atomic mass is 16.5. The highest BCUT2D eigenvalue weighted by Gasteiger charge is 2.28. The molecule has 1 aliphatic rings. The van der Waals surface area contributed by atoms with Crippen molar-refractivity contribution < 1.29 is 13.9 Å². The molecule has 2 aromatic carbocycles. The van der Waals surface area contributed by atoms with Crippen molar-refractivity contribution in [2.45, 2.75) is 31.6 Å². The first-order valence-corrected chi connectivity index (χ1v) is 12.0. The van der Waals surface area contributed by atoms with Gasteiger partial charge in [-0.05, 0) is 36.6 Å². The zero-order valence-corrected chi connectivity index (χ0v) is 19.9. The van der Waals surface area contributed by atoms with Crippen LogP contribution in [0.4, 0.5) is 0 Å². The minimum absolute atomic E-state index is 0.0345. The van der Waals surface area contributed by atoms with Crippen molar-refractivity contribution in [1.82, 2.24) is 14.9 Å². The van der Waals surface area contributed by atoms with Gasteiger partial charge in [-0.1, -0.05) is 48.5 Å². The Morgan fingerprint density at radius 2 is 1.89 bits per heavy atom. The number of aromatic nitrogens is 2. The van der Waals surface area contributed by atoms with E-state index in [4.69, 9.17) is 9.15 Å². The summed E-state index contributed by atoms with van der Waals surface area (Å²) in [6.45, 7) is 1.34. The standard InChI is InChI=1S/C29H29N3O3/c1-34-27-12-6-5-10-22(27)18-26-19-31-28(35-26)24-11-7-15-32(20-24)29(33)23-13-14-30-25(17-23)16-21-8-3-2-4-9-21/h2-6,8-10,12-14,17,19,24H,7,11,15-16,18,20H2,1H3/t24-/m1/s1. The van der Waals surface area contributed by atoms with E-state index in [0.29, 0.717) is 30.8 Å². The molecule has 2 aromatic heterocycles. The first-order valence-electron chi connectivity index (χ1n) is 12.0. The second-order valence-corrected chi connectivity index (χ2v) is 8.94. The maximum atomic E-state index is 13.3. The van der Waals surface area contributed by atoms with Gasteiger partial charge in [-0.2, -0.15) is 0 Å². The highest BCUT2D eigenvalue weighted by molar-refractivity contribution is 5.94. The Morgan fingerprint density at radius 1 is 1.06 bits per heavy atom. The summed E-state index contributed by atoms with van der Waals surface area (Å²) in [7, 11) is 1.67. The fourth-order valence-electron chi connectivity index (χ4n) is 4.69. The van der Waals surface area contributed by atoms with E-state index in [9.17, 15) is 4.79 Å². The Labute approximate surface area is 205 Å². The van der Waals surface area contributed by atoms with Crippen molar-refractivity contribution in [3.8, 4) is 5.75 Å². The van der Waals surface area contributed by atoms with Crippen LogP contribution in [0.5, 0.6) is 5.75 Å². The van der Waals surface area contributed by atoms with Gasteiger partial charge in [-0.3, -0.25) is 9.78 Å². The van der Waals surface area contributed by atoms with Crippen molar-refractivity contribution in [1.29, 1.82) is 0 Å². The quantitative estimate of drug-likeness (QED) is 0.370. The molecule has 35 heavy (non-hydrogen) atoms. The molecule has 1 aliphatic heterocycles. The minimum Gasteiger partial charge on any atom is -0.496 e. The molecule has 1 fully saturated rings. The summed E-state index contributed by atoms with van der Waals surface area (Å²) >= 11 is 0. The molecule has 1 atom stereocenters. The van der Waals surface area contributed by atoms with Crippen LogP contribution in [0.3, 0.4) is 0 Å². The van der Waals surface area contributed by atoms with E-state index in [1.165, 1.54) is 5.56 Å². The number of carbonyl (C=O) groups is 1. The summed E-state index contributed by atoms with van der Waals surface area (Å²) in [4.78, 5) is 24.3. The van der Waals surface area contributed by atoms with Gasteiger partial charge in [0.2, 0.25) is 0 Å².